The molecule has 2 aromatic heterocycles. The van der Waals surface area contributed by atoms with Gasteiger partial charge in [0.15, 0.2) is 10.9 Å². The van der Waals surface area contributed by atoms with Gasteiger partial charge in [0.25, 0.3) is 0 Å². The minimum atomic E-state index is 0.271. The Morgan fingerprint density at radius 2 is 2.11 bits per heavy atom. The number of ether oxygens (including phenoxy) is 2. The number of hydrogen-bond acceptors (Lipinski definition) is 5. The van der Waals surface area contributed by atoms with Crippen molar-refractivity contribution in [3.63, 3.8) is 0 Å². The lowest BCUT2D eigenvalue weighted by Gasteiger charge is -2.09. The second-order valence-corrected chi connectivity index (χ2v) is 4.16. The summed E-state index contributed by atoms with van der Waals surface area (Å²) in [6.07, 6.45) is 5.67. The zero-order valence-corrected chi connectivity index (χ0v) is 11.5. The molecule has 19 heavy (non-hydrogen) atoms. The van der Waals surface area contributed by atoms with Crippen molar-refractivity contribution in [2.75, 3.05) is 13.7 Å². The number of hydrogen-bond donors (Lipinski definition) is 0. The highest BCUT2D eigenvalue weighted by molar-refractivity contribution is 6.31. The van der Waals surface area contributed by atoms with E-state index in [4.69, 9.17) is 21.1 Å². The third kappa shape index (κ3) is 3.12. The van der Waals surface area contributed by atoms with E-state index in [9.17, 15) is 0 Å². The van der Waals surface area contributed by atoms with Crippen molar-refractivity contribution >= 4 is 11.6 Å². The minimum absolute atomic E-state index is 0.271. The second-order valence-electron chi connectivity index (χ2n) is 3.80. The molecule has 0 amide bonds. The predicted molar refractivity (Wildman–Crippen MR) is 72.6 cm³/mol. The van der Waals surface area contributed by atoms with Gasteiger partial charge < -0.3 is 9.47 Å². The first kappa shape index (κ1) is 13.5. The van der Waals surface area contributed by atoms with Crippen LogP contribution < -0.4 is 9.47 Å². The molecule has 6 heteroatoms. The lowest BCUT2D eigenvalue weighted by Crippen LogP contribution is -1.98. The van der Waals surface area contributed by atoms with Crippen LogP contribution in [0.1, 0.15) is 13.3 Å². The summed E-state index contributed by atoms with van der Waals surface area (Å²) in [5, 5.41) is 0.271. The maximum absolute atomic E-state index is 5.98. The molecule has 0 aliphatic carbocycles. The smallest absolute Gasteiger partial charge is 0.182 e. The van der Waals surface area contributed by atoms with Gasteiger partial charge in [-0.1, -0.05) is 18.5 Å². The molecule has 0 radical (unpaired) electrons. The zero-order chi connectivity index (χ0) is 13.7. The number of aromatic nitrogens is 3. The van der Waals surface area contributed by atoms with Gasteiger partial charge in [-0.25, -0.2) is 9.97 Å². The summed E-state index contributed by atoms with van der Waals surface area (Å²) in [7, 11) is 1.53. The van der Waals surface area contributed by atoms with Gasteiger partial charge in [-0.15, -0.1) is 0 Å². The summed E-state index contributed by atoms with van der Waals surface area (Å²) in [6, 6.07) is 1.85. The Hall–Kier alpha value is -1.88. The minimum Gasteiger partial charge on any atom is -0.492 e. The Kier molecular flexibility index (Phi) is 4.52. The number of halogens is 1. The fourth-order valence-electron chi connectivity index (χ4n) is 1.59. The molecule has 0 atom stereocenters. The lowest BCUT2D eigenvalue weighted by atomic mass is 10.2. The second kappa shape index (κ2) is 6.33. The van der Waals surface area contributed by atoms with Crippen molar-refractivity contribution < 1.29 is 9.47 Å². The summed E-state index contributed by atoms with van der Waals surface area (Å²) < 4.78 is 10.8. The summed E-state index contributed by atoms with van der Waals surface area (Å²) in [5.41, 5.74) is 1.37. The van der Waals surface area contributed by atoms with Gasteiger partial charge >= 0.3 is 0 Å². The normalized spacial score (nSPS) is 10.3. The lowest BCUT2D eigenvalue weighted by molar-refractivity contribution is 0.316. The van der Waals surface area contributed by atoms with Crippen LogP contribution in [0, 0.1) is 0 Å². The van der Waals surface area contributed by atoms with Gasteiger partial charge in [-0.3, -0.25) is 4.98 Å². The van der Waals surface area contributed by atoms with Gasteiger partial charge in [-0.2, -0.15) is 0 Å². The Balaban J connectivity index is 2.39. The topological polar surface area (TPSA) is 57.1 Å². The fourth-order valence-corrected chi connectivity index (χ4v) is 1.80. The van der Waals surface area contributed by atoms with Crippen LogP contribution in [0.2, 0.25) is 5.15 Å². The maximum atomic E-state index is 5.98. The van der Waals surface area contributed by atoms with Crippen LogP contribution in [-0.4, -0.2) is 28.7 Å². The van der Waals surface area contributed by atoms with Gasteiger partial charge in [0, 0.05) is 11.8 Å². The van der Waals surface area contributed by atoms with Crippen molar-refractivity contribution in [3.8, 4) is 22.8 Å². The quantitative estimate of drug-likeness (QED) is 0.788. The van der Waals surface area contributed by atoms with Crippen molar-refractivity contribution in [1.29, 1.82) is 0 Å². The van der Waals surface area contributed by atoms with E-state index in [1.165, 1.54) is 13.4 Å². The van der Waals surface area contributed by atoms with Crippen molar-refractivity contribution in [3.05, 3.63) is 29.9 Å². The molecule has 0 unspecified atom stereocenters. The molecule has 0 aliphatic heterocycles. The molecule has 0 saturated carbocycles. The third-order valence-corrected chi connectivity index (χ3v) is 2.69. The van der Waals surface area contributed by atoms with Crippen molar-refractivity contribution in [1.82, 2.24) is 15.0 Å². The molecule has 0 aromatic carbocycles. The van der Waals surface area contributed by atoms with Gasteiger partial charge in [-0.05, 0) is 12.5 Å². The SMILES string of the molecule is CCCOc1cncc(-c2ncnc(Cl)c2OC)c1. The molecule has 2 aromatic rings. The summed E-state index contributed by atoms with van der Waals surface area (Å²) in [5.74, 6) is 1.12. The third-order valence-electron chi connectivity index (χ3n) is 2.42. The zero-order valence-electron chi connectivity index (χ0n) is 10.8. The number of nitrogens with zero attached hydrogens (tertiary/aromatic N) is 3. The van der Waals surface area contributed by atoms with Crippen LogP contribution in [0.5, 0.6) is 11.5 Å². The van der Waals surface area contributed by atoms with Crippen LogP contribution >= 0.6 is 11.6 Å². The molecule has 5 nitrogen and oxygen atoms in total. The summed E-state index contributed by atoms with van der Waals surface area (Å²) in [4.78, 5) is 12.2. The Bertz CT molecular complexity index is 563. The van der Waals surface area contributed by atoms with Gasteiger partial charge in [0.2, 0.25) is 0 Å². The highest BCUT2D eigenvalue weighted by atomic mass is 35.5. The molecule has 0 saturated heterocycles. The molecular weight excluding hydrogens is 266 g/mol. The van der Waals surface area contributed by atoms with Crippen molar-refractivity contribution in [2.24, 2.45) is 0 Å². The highest BCUT2D eigenvalue weighted by Gasteiger charge is 2.13. The average Bonchev–Trinajstić information content (AvgIpc) is 2.45. The molecule has 0 spiro atoms. The molecule has 2 rings (SSSR count). The van der Waals surface area contributed by atoms with E-state index in [-0.39, 0.29) is 5.15 Å². The first-order valence-electron chi connectivity index (χ1n) is 5.89. The Labute approximate surface area is 116 Å². The van der Waals surface area contributed by atoms with Crippen molar-refractivity contribution in [2.45, 2.75) is 13.3 Å². The molecule has 0 aliphatic rings. The average molecular weight is 280 g/mol. The molecule has 2 heterocycles. The van der Waals surface area contributed by atoms with Crippen LogP contribution in [0.15, 0.2) is 24.8 Å². The monoisotopic (exact) mass is 279 g/mol. The first-order chi connectivity index (χ1) is 9.26. The first-order valence-corrected chi connectivity index (χ1v) is 6.26. The van der Waals surface area contributed by atoms with E-state index in [1.54, 1.807) is 12.4 Å². The Morgan fingerprint density at radius 1 is 1.26 bits per heavy atom. The predicted octanol–water partition coefficient (Wildman–Crippen LogP) is 2.99. The van der Waals surface area contributed by atoms with E-state index in [2.05, 4.69) is 15.0 Å². The Morgan fingerprint density at radius 3 is 2.84 bits per heavy atom. The van der Waals surface area contributed by atoms with Crippen LogP contribution in [0.3, 0.4) is 0 Å². The maximum Gasteiger partial charge on any atom is 0.182 e. The van der Waals surface area contributed by atoms with Crippen LogP contribution in [0.25, 0.3) is 11.3 Å². The van der Waals surface area contributed by atoms with E-state index in [1.807, 2.05) is 13.0 Å². The summed E-state index contributed by atoms with van der Waals surface area (Å²) in [6.45, 7) is 2.69. The fraction of sp³-hybridized carbons (Fsp3) is 0.308. The molecule has 0 N–H and O–H groups in total. The van der Waals surface area contributed by atoms with Gasteiger partial charge in [0.05, 0.1) is 19.9 Å². The largest absolute Gasteiger partial charge is 0.492 e. The molecule has 100 valence electrons. The van der Waals surface area contributed by atoms with Gasteiger partial charge in [0.1, 0.15) is 17.8 Å². The standard InChI is InChI=1S/C13H14ClN3O2/c1-3-4-19-10-5-9(6-15-7-10)11-12(18-2)13(14)17-8-16-11/h5-8H,3-4H2,1-2H3. The molecule has 0 bridgehead atoms. The van der Waals surface area contributed by atoms with Crippen LogP contribution in [-0.2, 0) is 0 Å². The van der Waals surface area contributed by atoms with E-state index in [0.717, 1.165) is 12.0 Å². The highest BCUT2D eigenvalue weighted by Crippen LogP contribution is 2.33. The number of methoxy groups -OCH3 is 1. The number of rotatable bonds is 5. The van der Waals surface area contributed by atoms with E-state index >= 15 is 0 Å². The summed E-state index contributed by atoms with van der Waals surface area (Å²) >= 11 is 5.98. The van der Waals surface area contributed by atoms with E-state index < -0.39 is 0 Å². The molecular formula is C13H14ClN3O2. The van der Waals surface area contributed by atoms with Crippen LogP contribution in [0.4, 0.5) is 0 Å². The molecule has 0 fully saturated rings. The number of pyridine rings is 1. The van der Waals surface area contributed by atoms with E-state index in [0.29, 0.717) is 23.8 Å².